The second kappa shape index (κ2) is 8.25. The summed E-state index contributed by atoms with van der Waals surface area (Å²) in [5, 5.41) is 0.457. The number of nitrogens with zero attached hydrogens (tertiary/aromatic N) is 1. The molecule has 2 aromatic carbocycles. The van der Waals surface area contributed by atoms with Crippen molar-refractivity contribution in [1.29, 1.82) is 0 Å². The first-order chi connectivity index (χ1) is 11.7. The summed E-state index contributed by atoms with van der Waals surface area (Å²) in [6.45, 7) is 4.00. The highest BCUT2D eigenvalue weighted by molar-refractivity contribution is 7.99. The van der Waals surface area contributed by atoms with Crippen molar-refractivity contribution >= 4 is 17.9 Å². The van der Waals surface area contributed by atoms with Gasteiger partial charge in [0, 0.05) is 24.1 Å². The van der Waals surface area contributed by atoms with Gasteiger partial charge in [0.25, 0.3) is 0 Å². The molecule has 0 bridgehead atoms. The zero-order valence-electron chi connectivity index (χ0n) is 14.0. The van der Waals surface area contributed by atoms with E-state index in [4.69, 9.17) is 4.74 Å². The van der Waals surface area contributed by atoms with Crippen molar-refractivity contribution in [2.24, 2.45) is 0 Å². The molecule has 2 aromatic rings. The molecule has 3 rings (SSSR count). The summed E-state index contributed by atoms with van der Waals surface area (Å²) in [5.74, 6) is 0.944. The third-order valence-corrected chi connectivity index (χ3v) is 5.65. The molecule has 24 heavy (non-hydrogen) atoms. The summed E-state index contributed by atoms with van der Waals surface area (Å²) in [6, 6.07) is 18.4. The van der Waals surface area contributed by atoms with Crippen LogP contribution in [0.5, 0.6) is 0 Å². The van der Waals surface area contributed by atoms with E-state index in [0.717, 1.165) is 30.8 Å². The molecule has 0 N–H and O–H groups in total. The Kier molecular flexibility index (Phi) is 5.81. The van der Waals surface area contributed by atoms with E-state index in [1.54, 1.807) is 0 Å². The molecule has 1 unspecified atom stereocenters. The SMILES string of the molecule is Cc1ccccc1C1CCN(C(=O)OCc2ccccc2)CCS1. The van der Waals surface area contributed by atoms with Crippen LogP contribution in [0.3, 0.4) is 0 Å². The van der Waals surface area contributed by atoms with Crippen molar-refractivity contribution < 1.29 is 9.53 Å². The molecule has 1 aliphatic rings. The Hall–Kier alpha value is -1.94. The second-order valence-corrected chi connectivity index (χ2v) is 7.34. The van der Waals surface area contributed by atoms with Crippen molar-refractivity contribution in [3.8, 4) is 0 Å². The van der Waals surface area contributed by atoms with Gasteiger partial charge in [-0.1, -0.05) is 54.6 Å². The molecule has 0 spiro atoms. The fraction of sp³-hybridized carbons (Fsp3) is 0.350. The quantitative estimate of drug-likeness (QED) is 0.802. The van der Waals surface area contributed by atoms with Crippen LogP contribution < -0.4 is 0 Å². The average Bonchev–Trinajstić information content (AvgIpc) is 2.87. The molecule has 126 valence electrons. The summed E-state index contributed by atoms with van der Waals surface area (Å²) in [7, 11) is 0. The molecule has 0 aromatic heterocycles. The Morgan fingerprint density at radius 1 is 1.12 bits per heavy atom. The number of rotatable bonds is 3. The minimum atomic E-state index is -0.204. The lowest BCUT2D eigenvalue weighted by Gasteiger charge is -2.20. The van der Waals surface area contributed by atoms with Crippen molar-refractivity contribution in [1.82, 2.24) is 4.90 Å². The van der Waals surface area contributed by atoms with Crippen LogP contribution >= 0.6 is 11.8 Å². The molecule has 0 saturated carbocycles. The standard InChI is InChI=1S/C20H23NO2S/c1-16-7-5-6-10-18(16)19-11-12-21(13-14-24-19)20(22)23-15-17-8-3-2-4-9-17/h2-10,19H,11-15H2,1H3. The van der Waals surface area contributed by atoms with E-state index >= 15 is 0 Å². The monoisotopic (exact) mass is 341 g/mol. The third-order valence-electron chi connectivity index (χ3n) is 4.34. The van der Waals surface area contributed by atoms with Gasteiger partial charge in [0.05, 0.1) is 0 Å². The molecular formula is C20H23NO2S. The summed E-state index contributed by atoms with van der Waals surface area (Å²) in [4.78, 5) is 14.2. The third kappa shape index (κ3) is 4.32. The predicted octanol–water partition coefficient (Wildman–Crippen LogP) is 4.81. The molecule has 4 heteroatoms. The first-order valence-electron chi connectivity index (χ1n) is 8.37. The van der Waals surface area contributed by atoms with Gasteiger partial charge in [0.15, 0.2) is 0 Å². The van der Waals surface area contributed by atoms with Crippen molar-refractivity contribution in [3.05, 3.63) is 71.3 Å². The van der Waals surface area contributed by atoms with Crippen LogP contribution in [0.2, 0.25) is 0 Å². The Labute approximate surface area is 148 Å². The van der Waals surface area contributed by atoms with Crippen molar-refractivity contribution in [2.75, 3.05) is 18.8 Å². The molecule has 1 saturated heterocycles. The normalized spacial score (nSPS) is 18.0. The fourth-order valence-electron chi connectivity index (χ4n) is 2.96. The lowest BCUT2D eigenvalue weighted by Crippen LogP contribution is -2.33. The maximum atomic E-state index is 12.3. The number of amides is 1. The van der Waals surface area contributed by atoms with Crippen LogP contribution in [-0.4, -0.2) is 29.8 Å². The molecule has 1 aliphatic heterocycles. The van der Waals surface area contributed by atoms with Crippen LogP contribution in [0.1, 0.15) is 28.4 Å². The smallest absolute Gasteiger partial charge is 0.410 e. The van der Waals surface area contributed by atoms with E-state index in [9.17, 15) is 4.79 Å². The number of aryl methyl sites for hydroxylation is 1. The van der Waals surface area contributed by atoms with Crippen LogP contribution in [0.25, 0.3) is 0 Å². The maximum absolute atomic E-state index is 12.3. The largest absolute Gasteiger partial charge is 0.445 e. The Balaban J connectivity index is 1.55. The molecule has 1 atom stereocenters. The van der Waals surface area contributed by atoms with Crippen LogP contribution in [-0.2, 0) is 11.3 Å². The van der Waals surface area contributed by atoms with Gasteiger partial charge in [-0.2, -0.15) is 11.8 Å². The number of thioether (sulfide) groups is 1. The lowest BCUT2D eigenvalue weighted by molar-refractivity contribution is 0.0985. The molecule has 3 nitrogen and oxygen atoms in total. The summed E-state index contributed by atoms with van der Waals surface area (Å²) in [6.07, 6.45) is 0.764. The van der Waals surface area contributed by atoms with Gasteiger partial charge in [0.1, 0.15) is 6.61 Å². The van der Waals surface area contributed by atoms with E-state index in [-0.39, 0.29) is 6.09 Å². The molecular weight excluding hydrogens is 318 g/mol. The van der Waals surface area contributed by atoms with Crippen LogP contribution in [0, 0.1) is 6.92 Å². The average molecular weight is 341 g/mol. The highest BCUT2D eigenvalue weighted by atomic mass is 32.2. The molecule has 0 radical (unpaired) electrons. The minimum absolute atomic E-state index is 0.204. The zero-order chi connectivity index (χ0) is 16.8. The van der Waals surface area contributed by atoms with Crippen molar-refractivity contribution in [2.45, 2.75) is 25.2 Å². The summed E-state index contributed by atoms with van der Waals surface area (Å²) < 4.78 is 5.47. The van der Waals surface area contributed by atoms with E-state index < -0.39 is 0 Å². The molecule has 1 fully saturated rings. The van der Waals surface area contributed by atoms with E-state index in [2.05, 4.69) is 31.2 Å². The van der Waals surface area contributed by atoms with E-state index in [1.807, 2.05) is 47.0 Å². The number of carbonyl (C=O) groups is 1. The van der Waals surface area contributed by atoms with Gasteiger partial charge in [-0.3, -0.25) is 0 Å². The first kappa shape index (κ1) is 16.9. The minimum Gasteiger partial charge on any atom is -0.445 e. The topological polar surface area (TPSA) is 29.5 Å². The fourth-order valence-corrected chi connectivity index (χ4v) is 4.29. The van der Waals surface area contributed by atoms with Gasteiger partial charge in [-0.15, -0.1) is 0 Å². The zero-order valence-corrected chi connectivity index (χ0v) is 14.8. The first-order valence-corrected chi connectivity index (χ1v) is 9.41. The second-order valence-electron chi connectivity index (χ2n) is 6.03. The Bertz CT molecular complexity index is 674. The maximum Gasteiger partial charge on any atom is 0.410 e. The molecule has 0 aliphatic carbocycles. The van der Waals surface area contributed by atoms with Gasteiger partial charge < -0.3 is 9.64 Å². The van der Waals surface area contributed by atoms with E-state index in [0.29, 0.717) is 11.9 Å². The van der Waals surface area contributed by atoms with E-state index in [1.165, 1.54) is 11.1 Å². The number of ether oxygens (including phenoxy) is 1. The highest BCUT2D eigenvalue weighted by Gasteiger charge is 2.23. The predicted molar refractivity (Wildman–Crippen MR) is 99.2 cm³/mol. The molecule has 1 amide bonds. The van der Waals surface area contributed by atoms with Gasteiger partial charge in [-0.25, -0.2) is 4.79 Å². The highest BCUT2D eigenvalue weighted by Crippen LogP contribution is 2.35. The van der Waals surface area contributed by atoms with Crippen molar-refractivity contribution in [3.63, 3.8) is 0 Å². The Morgan fingerprint density at radius 2 is 1.88 bits per heavy atom. The van der Waals surface area contributed by atoms with Crippen LogP contribution in [0.4, 0.5) is 4.79 Å². The summed E-state index contributed by atoms with van der Waals surface area (Å²) in [5.41, 5.74) is 3.74. The van der Waals surface area contributed by atoms with Gasteiger partial charge in [-0.05, 0) is 30.0 Å². The Morgan fingerprint density at radius 3 is 2.67 bits per heavy atom. The molecule has 1 heterocycles. The number of hydrogen-bond donors (Lipinski definition) is 0. The summed E-state index contributed by atoms with van der Waals surface area (Å²) >= 11 is 1.94. The van der Waals surface area contributed by atoms with Gasteiger partial charge >= 0.3 is 6.09 Å². The van der Waals surface area contributed by atoms with Crippen LogP contribution in [0.15, 0.2) is 54.6 Å². The number of hydrogen-bond acceptors (Lipinski definition) is 3. The lowest BCUT2D eigenvalue weighted by atomic mass is 10.0. The number of carbonyl (C=O) groups excluding carboxylic acids is 1. The van der Waals surface area contributed by atoms with Gasteiger partial charge in [0.2, 0.25) is 0 Å². The number of benzene rings is 2.